The lowest BCUT2D eigenvalue weighted by Crippen LogP contribution is -2.99. The molecule has 4 aliphatic rings. The Balaban J connectivity index is 1.80. The van der Waals surface area contributed by atoms with Gasteiger partial charge in [0, 0.05) is 12.1 Å². The topological polar surface area (TPSA) is 138 Å². The first kappa shape index (κ1) is 20.2. The number of anilines is 1. The van der Waals surface area contributed by atoms with E-state index in [1.54, 1.807) is 13.8 Å². The Hall–Kier alpha value is -3.08. The molecule has 2 N–H and O–H groups in total. The molecular formula is C20H20N2O8. The van der Waals surface area contributed by atoms with Crippen LogP contribution in [0.15, 0.2) is 35.4 Å². The summed E-state index contributed by atoms with van der Waals surface area (Å²) in [6, 6.07) is 5.28. The van der Waals surface area contributed by atoms with E-state index < -0.39 is 52.3 Å². The maximum absolute atomic E-state index is 13.3. The summed E-state index contributed by atoms with van der Waals surface area (Å²) in [7, 11) is 0. The molecule has 2 amide bonds. The van der Waals surface area contributed by atoms with Gasteiger partial charge in [0.05, 0.1) is 29.7 Å². The highest BCUT2D eigenvalue weighted by Crippen LogP contribution is 2.58. The number of benzene rings is 1. The van der Waals surface area contributed by atoms with E-state index in [0.717, 1.165) is 4.90 Å². The molecule has 2 bridgehead atoms. The molecule has 158 valence electrons. The zero-order chi connectivity index (χ0) is 22.0. The number of quaternary nitrogens is 1. The Kier molecular flexibility index (Phi) is 4.53. The number of rotatable bonds is 4. The van der Waals surface area contributed by atoms with Crippen molar-refractivity contribution in [2.45, 2.75) is 26.9 Å². The van der Waals surface area contributed by atoms with Gasteiger partial charge in [-0.25, -0.2) is 14.9 Å². The van der Waals surface area contributed by atoms with Crippen LogP contribution in [0.3, 0.4) is 0 Å². The van der Waals surface area contributed by atoms with E-state index in [-0.39, 0.29) is 23.6 Å². The van der Waals surface area contributed by atoms with Crippen molar-refractivity contribution >= 4 is 35.1 Å². The van der Waals surface area contributed by atoms with Gasteiger partial charge in [-0.1, -0.05) is 0 Å². The normalized spacial score (nSPS) is 31.0. The molecule has 1 aliphatic carbocycles. The van der Waals surface area contributed by atoms with Crippen LogP contribution in [0.5, 0.6) is 0 Å². The van der Waals surface area contributed by atoms with Gasteiger partial charge in [-0.2, -0.15) is 5.23 Å². The molecule has 1 aromatic rings. The molecule has 2 fully saturated rings. The Morgan fingerprint density at radius 2 is 1.90 bits per heavy atom. The van der Waals surface area contributed by atoms with Crippen LogP contribution < -0.4 is 10.1 Å². The molecule has 0 saturated carbocycles. The van der Waals surface area contributed by atoms with Gasteiger partial charge in [0.25, 0.3) is 0 Å². The summed E-state index contributed by atoms with van der Waals surface area (Å²) < 4.78 is 10.6. The molecule has 5 atom stereocenters. The van der Waals surface area contributed by atoms with Gasteiger partial charge in [-0.3, -0.25) is 14.4 Å². The lowest BCUT2D eigenvalue weighted by molar-refractivity contribution is -0.991. The molecule has 10 heteroatoms. The standard InChI is InChI=1S/C20H20N2O8/c1-4-29-18(25)13-9(2)15-12-14(20(13,3)19(26)30-15)17(24)21(16(12)23)10-5-7-11(8-6-10)22(27)28/h5-8,12,14-15,22,27H,4H2,1-3H3/t12-,14-,15-,20-/m1/s1. The van der Waals surface area contributed by atoms with E-state index in [9.17, 15) is 24.4 Å². The van der Waals surface area contributed by atoms with Crippen molar-refractivity contribution in [3.8, 4) is 0 Å². The van der Waals surface area contributed by atoms with Crippen molar-refractivity contribution in [3.63, 3.8) is 0 Å². The molecule has 0 aromatic heterocycles. The third kappa shape index (κ3) is 2.47. The highest BCUT2D eigenvalue weighted by Gasteiger charge is 2.71. The number of carbonyl (C=O) groups is 4. The van der Waals surface area contributed by atoms with Crippen LogP contribution in [-0.4, -0.2) is 41.7 Å². The van der Waals surface area contributed by atoms with Gasteiger partial charge < -0.3 is 14.7 Å². The summed E-state index contributed by atoms with van der Waals surface area (Å²) in [6.45, 7) is 4.75. The number of hydrogen-bond donors (Lipinski definition) is 2. The van der Waals surface area contributed by atoms with Crippen molar-refractivity contribution < 1.29 is 39.1 Å². The quantitative estimate of drug-likeness (QED) is 0.398. The number of ether oxygens (including phenoxy) is 2. The molecule has 10 nitrogen and oxygen atoms in total. The fourth-order valence-corrected chi connectivity index (χ4v) is 4.79. The maximum atomic E-state index is 13.3. The molecular weight excluding hydrogens is 396 g/mol. The van der Waals surface area contributed by atoms with Crippen LogP contribution >= 0.6 is 0 Å². The number of esters is 2. The summed E-state index contributed by atoms with van der Waals surface area (Å²) in [4.78, 5) is 52.9. The monoisotopic (exact) mass is 416 g/mol. The first-order valence-electron chi connectivity index (χ1n) is 9.45. The molecule has 3 heterocycles. The van der Waals surface area contributed by atoms with Crippen LogP contribution in [-0.2, 0) is 28.7 Å². The van der Waals surface area contributed by atoms with Crippen molar-refractivity contribution in [2.75, 3.05) is 11.5 Å². The second-order valence-corrected chi connectivity index (χ2v) is 7.67. The zero-order valence-electron chi connectivity index (χ0n) is 16.5. The molecule has 5 rings (SSSR count). The Morgan fingerprint density at radius 3 is 2.47 bits per heavy atom. The summed E-state index contributed by atoms with van der Waals surface area (Å²) in [5.74, 6) is -4.71. The van der Waals surface area contributed by atoms with Crippen molar-refractivity contribution in [3.05, 3.63) is 40.6 Å². The summed E-state index contributed by atoms with van der Waals surface area (Å²) in [5, 5.41) is 19.0. The van der Waals surface area contributed by atoms with E-state index in [1.165, 1.54) is 31.2 Å². The van der Waals surface area contributed by atoms with Gasteiger partial charge in [-0.15, -0.1) is 0 Å². The number of fused-ring (bicyclic) bond motifs is 1. The van der Waals surface area contributed by atoms with Gasteiger partial charge in [0.1, 0.15) is 11.5 Å². The minimum absolute atomic E-state index is 0.00270. The van der Waals surface area contributed by atoms with Gasteiger partial charge in [0.15, 0.2) is 5.69 Å². The average Bonchev–Trinajstić information content (AvgIpc) is 2.96. The first-order valence-corrected chi connectivity index (χ1v) is 9.45. The van der Waals surface area contributed by atoms with Crippen molar-refractivity contribution in [1.29, 1.82) is 0 Å². The number of nitrogens with one attached hydrogen (secondary N) is 1. The summed E-state index contributed by atoms with van der Waals surface area (Å²) in [6.07, 6.45) is -1.04. The Morgan fingerprint density at radius 1 is 1.27 bits per heavy atom. The fraction of sp³-hybridized carbons (Fsp3) is 0.400. The summed E-state index contributed by atoms with van der Waals surface area (Å²) >= 11 is 0. The summed E-state index contributed by atoms with van der Waals surface area (Å²) in [5.41, 5.74) is -0.992. The van der Waals surface area contributed by atoms with E-state index in [2.05, 4.69) is 0 Å². The number of amides is 2. The van der Waals surface area contributed by atoms with Crippen LogP contribution in [0.2, 0.25) is 0 Å². The predicted molar refractivity (Wildman–Crippen MR) is 99.0 cm³/mol. The maximum Gasteiger partial charge on any atom is 0.335 e. The van der Waals surface area contributed by atoms with Crippen molar-refractivity contribution in [2.24, 2.45) is 17.3 Å². The van der Waals surface area contributed by atoms with E-state index >= 15 is 0 Å². The van der Waals surface area contributed by atoms with E-state index in [0.29, 0.717) is 5.57 Å². The van der Waals surface area contributed by atoms with Crippen LogP contribution in [0.4, 0.5) is 11.4 Å². The average molecular weight is 416 g/mol. The van der Waals surface area contributed by atoms with Crippen LogP contribution in [0.25, 0.3) is 0 Å². The number of nitrogens with zero attached hydrogens (tertiary/aromatic N) is 1. The van der Waals surface area contributed by atoms with Gasteiger partial charge in [-0.05, 0) is 38.5 Å². The minimum atomic E-state index is -1.65. The fourth-order valence-electron chi connectivity index (χ4n) is 4.79. The van der Waals surface area contributed by atoms with Crippen molar-refractivity contribution in [1.82, 2.24) is 0 Å². The molecule has 0 radical (unpaired) electrons. The van der Waals surface area contributed by atoms with Crippen LogP contribution in [0, 0.1) is 22.5 Å². The lowest BCUT2D eigenvalue weighted by Gasteiger charge is -2.48. The van der Waals surface area contributed by atoms with Gasteiger partial charge in [0.2, 0.25) is 11.8 Å². The minimum Gasteiger partial charge on any atom is -0.595 e. The number of carbonyl (C=O) groups excluding carboxylic acids is 4. The largest absolute Gasteiger partial charge is 0.595 e. The molecule has 1 unspecified atom stereocenters. The third-order valence-electron chi connectivity index (χ3n) is 6.15. The molecule has 1 aromatic carbocycles. The van der Waals surface area contributed by atoms with E-state index in [1.807, 2.05) is 0 Å². The molecule has 2 saturated heterocycles. The van der Waals surface area contributed by atoms with Crippen LogP contribution in [0.1, 0.15) is 20.8 Å². The first-order chi connectivity index (χ1) is 14.1. The molecule has 0 spiro atoms. The highest BCUT2D eigenvalue weighted by atomic mass is 16.8. The SMILES string of the molecule is CCOC(=O)C1=C(C)[C@H]2OC(=O)[C@@]1(C)[C@H]1C(=O)N(c3ccc([NH+]([O-])O)cc3)C(=O)[C@@H]21. The Bertz CT molecular complexity index is 999. The van der Waals surface area contributed by atoms with E-state index in [4.69, 9.17) is 14.7 Å². The molecule has 30 heavy (non-hydrogen) atoms. The second-order valence-electron chi connectivity index (χ2n) is 7.67. The van der Waals surface area contributed by atoms with Gasteiger partial charge >= 0.3 is 11.9 Å². The second kappa shape index (κ2) is 6.73. The highest BCUT2D eigenvalue weighted by molar-refractivity contribution is 6.25. The number of hydrogen-bond acceptors (Lipinski definition) is 8. The smallest absolute Gasteiger partial charge is 0.335 e. The zero-order valence-corrected chi connectivity index (χ0v) is 16.5. The third-order valence-corrected chi connectivity index (χ3v) is 6.15. The predicted octanol–water partition coefficient (Wildman–Crippen LogP) is 0.0205. The molecule has 3 aliphatic heterocycles. The number of imide groups is 1. The Labute approximate surface area is 171 Å². The lowest BCUT2D eigenvalue weighted by atomic mass is 9.57.